The Labute approximate surface area is 107 Å². The lowest BCUT2D eigenvalue weighted by Gasteiger charge is -2.38. The van der Waals surface area contributed by atoms with Crippen LogP contribution in [0.15, 0.2) is 24.3 Å². The van der Waals surface area contributed by atoms with Crippen LogP contribution in [0.1, 0.15) is 46.5 Å². The van der Waals surface area contributed by atoms with Crippen molar-refractivity contribution in [1.29, 1.82) is 0 Å². The maximum Gasteiger partial charge on any atom is 0.0612 e. The molecule has 0 heterocycles. The molecule has 1 heteroatoms. The number of hydrogen-bond donors (Lipinski definition) is 1. The molecule has 0 saturated heterocycles. The van der Waals surface area contributed by atoms with E-state index in [0.29, 0.717) is 11.8 Å². The third-order valence-corrected chi connectivity index (χ3v) is 4.17. The van der Waals surface area contributed by atoms with E-state index in [9.17, 15) is 0 Å². The zero-order valence-electron chi connectivity index (χ0n) is 11.6. The van der Waals surface area contributed by atoms with Gasteiger partial charge in [-0.05, 0) is 36.5 Å². The zero-order valence-corrected chi connectivity index (χ0v) is 11.6. The third kappa shape index (κ3) is 3.70. The van der Waals surface area contributed by atoms with Crippen LogP contribution in [0.5, 0.6) is 0 Å². The number of rotatable bonds is 6. The summed E-state index contributed by atoms with van der Waals surface area (Å²) in [6.07, 6.45) is 14.0. The first-order valence-corrected chi connectivity index (χ1v) is 7.24. The summed E-state index contributed by atoms with van der Waals surface area (Å²) in [4.78, 5) is 0. The molecule has 0 amide bonds. The van der Waals surface area contributed by atoms with Crippen LogP contribution >= 0.6 is 0 Å². The van der Waals surface area contributed by atoms with Crippen molar-refractivity contribution in [3.8, 4) is 0 Å². The highest BCUT2D eigenvalue weighted by Gasteiger charge is 2.31. The highest BCUT2D eigenvalue weighted by molar-refractivity contribution is 5.10. The summed E-state index contributed by atoms with van der Waals surface area (Å²) in [5.74, 6) is 2.78. The summed E-state index contributed by atoms with van der Waals surface area (Å²) in [7, 11) is 0. The SMILES string of the molecule is CCCC1C=CC(CC)C(CC)C1/C=C\CO. The van der Waals surface area contributed by atoms with E-state index < -0.39 is 0 Å². The lowest BCUT2D eigenvalue weighted by Crippen LogP contribution is -2.29. The molecule has 4 atom stereocenters. The first kappa shape index (κ1) is 14.5. The third-order valence-electron chi connectivity index (χ3n) is 4.17. The number of aliphatic hydroxyl groups is 1. The van der Waals surface area contributed by atoms with E-state index in [1.54, 1.807) is 0 Å². The minimum Gasteiger partial charge on any atom is -0.392 e. The van der Waals surface area contributed by atoms with Gasteiger partial charge in [0.05, 0.1) is 6.61 Å². The highest BCUT2D eigenvalue weighted by Crippen LogP contribution is 2.40. The van der Waals surface area contributed by atoms with Gasteiger partial charge in [-0.1, -0.05) is 57.9 Å². The molecule has 17 heavy (non-hydrogen) atoms. The topological polar surface area (TPSA) is 20.2 Å². The molecular formula is C16H28O. The van der Waals surface area contributed by atoms with Crippen molar-refractivity contribution in [2.45, 2.75) is 46.5 Å². The Morgan fingerprint density at radius 3 is 2.29 bits per heavy atom. The molecule has 0 aromatic carbocycles. The maximum atomic E-state index is 8.99. The Morgan fingerprint density at radius 1 is 1.06 bits per heavy atom. The zero-order chi connectivity index (χ0) is 12.7. The van der Waals surface area contributed by atoms with E-state index >= 15 is 0 Å². The van der Waals surface area contributed by atoms with Crippen LogP contribution in [0.2, 0.25) is 0 Å². The van der Waals surface area contributed by atoms with Gasteiger partial charge in [0.1, 0.15) is 0 Å². The van der Waals surface area contributed by atoms with Crippen molar-refractivity contribution in [3.63, 3.8) is 0 Å². The minimum absolute atomic E-state index is 0.173. The first-order chi connectivity index (χ1) is 8.28. The molecule has 1 aliphatic carbocycles. The van der Waals surface area contributed by atoms with Gasteiger partial charge in [0.15, 0.2) is 0 Å². The average Bonchev–Trinajstić information content (AvgIpc) is 2.36. The van der Waals surface area contributed by atoms with Gasteiger partial charge < -0.3 is 5.11 Å². The second-order valence-corrected chi connectivity index (χ2v) is 5.17. The molecule has 0 spiro atoms. The van der Waals surface area contributed by atoms with Gasteiger partial charge in [-0.15, -0.1) is 0 Å². The van der Waals surface area contributed by atoms with Crippen molar-refractivity contribution < 1.29 is 5.11 Å². The monoisotopic (exact) mass is 236 g/mol. The summed E-state index contributed by atoms with van der Waals surface area (Å²) in [6, 6.07) is 0. The normalized spacial score (nSPS) is 33.4. The lowest BCUT2D eigenvalue weighted by atomic mass is 9.67. The van der Waals surface area contributed by atoms with E-state index in [1.807, 2.05) is 6.08 Å². The van der Waals surface area contributed by atoms with Gasteiger partial charge in [0, 0.05) is 0 Å². The quantitative estimate of drug-likeness (QED) is 0.686. The second kappa shape index (κ2) is 7.71. The molecule has 1 N–H and O–H groups in total. The van der Waals surface area contributed by atoms with Crippen LogP contribution in [0.25, 0.3) is 0 Å². The Hall–Kier alpha value is -0.560. The molecule has 0 saturated carbocycles. The first-order valence-electron chi connectivity index (χ1n) is 7.24. The minimum atomic E-state index is 0.173. The predicted molar refractivity (Wildman–Crippen MR) is 74.8 cm³/mol. The molecule has 0 radical (unpaired) electrons. The highest BCUT2D eigenvalue weighted by atomic mass is 16.2. The van der Waals surface area contributed by atoms with Gasteiger partial charge in [0.2, 0.25) is 0 Å². The van der Waals surface area contributed by atoms with Crippen LogP contribution in [0.3, 0.4) is 0 Å². The maximum absolute atomic E-state index is 8.99. The Morgan fingerprint density at radius 2 is 1.76 bits per heavy atom. The van der Waals surface area contributed by atoms with Crippen LogP contribution < -0.4 is 0 Å². The second-order valence-electron chi connectivity index (χ2n) is 5.17. The number of aliphatic hydroxyl groups excluding tert-OH is 1. The van der Waals surface area contributed by atoms with Crippen LogP contribution in [-0.2, 0) is 0 Å². The lowest BCUT2D eigenvalue weighted by molar-refractivity contribution is 0.215. The van der Waals surface area contributed by atoms with Gasteiger partial charge in [-0.3, -0.25) is 0 Å². The van der Waals surface area contributed by atoms with Crippen LogP contribution in [0, 0.1) is 23.7 Å². The molecule has 0 aromatic rings. The smallest absolute Gasteiger partial charge is 0.0612 e. The number of hydrogen-bond acceptors (Lipinski definition) is 1. The summed E-state index contributed by atoms with van der Waals surface area (Å²) < 4.78 is 0. The molecule has 98 valence electrons. The fourth-order valence-electron chi connectivity index (χ4n) is 3.30. The largest absolute Gasteiger partial charge is 0.392 e. The average molecular weight is 236 g/mol. The fraction of sp³-hybridized carbons (Fsp3) is 0.750. The van der Waals surface area contributed by atoms with E-state index in [1.165, 1.54) is 25.7 Å². The summed E-state index contributed by atoms with van der Waals surface area (Å²) in [6.45, 7) is 7.01. The van der Waals surface area contributed by atoms with Gasteiger partial charge in [0.25, 0.3) is 0 Å². The van der Waals surface area contributed by atoms with E-state index in [0.717, 1.165) is 11.8 Å². The summed E-state index contributed by atoms with van der Waals surface area (Å²) in [5.41, 5.74) is 0. The fourth-order valence-corrected chi connectivity index (χ4v) is 3.30. The van der Waals surface area contributed by atoms with Gasteiger partial charge in [-0.25, -0.2) is 0 Å². The van der Waals surface area contributed by atoms with Crippen LogP contribution in [-0.4, -0.2) is 11.7 Å². The van der Waals surface area contributed by atoms with E-state index in [2.05, 4.69) is 39.0 Å². The van der Waals surface area contributed by atoms with Gasteiger partial charge in [-0.2, -0.15) is 0 Å². The molecule has 0 aliphatic heterocycles. The van der Waals surface area contributed by atoms with Crippen molar-refractivity contribution in [1.82, 2.24) is 0 Å². The summed E-state index contributed by atoms with van der Waals surface area (Å²) >= 11 is 0. The van der Waals surface area contributed by atoms with Crippen molar-refractivity contribution in [2.75, 3.05) is 6.61 Å². The molecule has 0 aromatic heterocycles. The predicted octanol–water partition coefficient (Wildman–Crippen LogP) is 4.19. The Kier molecular flexibility index (Phi) is 6.57. The van der Waals surface area contributed by atoms with Crippen molar-refractivity contribution >= 4 is 0 Å². The molecular weight excluding hydrogens is 208 g/mol. The van der Waals surface area contributed by atoms with E-state index in [4.69, 9.17) is 5.11 Å². The van der Waals surface area contributed by atoms with Crippen molar-refractivity contribution in [3.05, 3.63) is 24.3 Å². The molecule has 0 bridgehead atoms. The Bertz CT molecular complexity index is 254. The summed E-state index contributed by atoms with van der Waals surface area (Å²) in [5, 5.41) is 8.99. The molecule has 1 aliphatic rings. The van der Waals surface area contributed by atoms with Gasteiger partial charge >= 0.3 is 0 Å². The molecule has 1 nitrogen and oxygen atoms in total. The standard InChI is InChI=1S/C16H28O/c1-4-8-14-11-10-13(5-2)15(6-3)16(14)9-7-12-17/h7,9-11,13-17H,4-6,8,12H2,1-3H3/b9-7-. The molecule has 4 unspecified atom stereocenters. The molecule has 1 rings (SSSR count). The Balaban J connectivity index is 2.87. The van der Waals surface area contributed by atoms with Crippen LogP contribution in [0.4, 0.5) is 0 Å². The number of allylic oxidation sites excluding steroid dienone is 3. The molecule has 0 fully saturated rings. The van der Waals surface area contributed by atoms with Crippen molar-refractivity contribution in [2.24, 2.45) is 23.7 Å². The van der Waals surface area contributed by atoms with E-state index in [-0.39, 0.29) is 6.61 Å².